The smallest absolute Gasteiger partial charge is 0.243 e. The van der Waals surface area contributed by atoms with Gasteiger partial charge in [0, 0.05) is 36.9 Å². The molecule has 1 aromatic rings. The molecule has 0 aromatic carbocycles. The summed E-state index contributed by atoms with van der Waals surface area (Å²) in [5.74, 6) is 0. The third-order valence-electron chi connectivity index (χ3n) is 3.47. The lowest BCUT2D eigenvalue weighted by atomic mass is 10.4. The highest BCUT2D eigenvalue weighted by Crippen LogP contribution is 2.21. The van der Waals surface area contributed by atoms with Gasteiger partial charge in [0.2, 0.25) is 10.0 Å². The zero-order chi connectivity index (χ0) is 13.9. The Bertz CT molecular complexity index is 507. The van der Waals surface area contributed by atoms with E-state index in [1.807, 2.05) is 0 Å². The van der Waals surface area contributed by atoms with Crippen LogP contribution < -0.4 is 5.73 Å². The summed E-state index contributed by atoms with van der Waals surface area (Å²) in [6, 6.07) is 1.67. The van der Waals surface area contributed by atoms with Crippen LogP contribution in [0, 0.1) is 0 Å². The van der Waals surface area contributed by atoms with Crippen molar-refractivity contribution in [3.05, 3.63) is 16.3 Å². The largest absolute Gasteiger partial charge is 0.326 e. The van der Waals surface area contributed by atoms with Crippen LogP contribution in [0.5, 0.6) is 0 Å². The summed E-state index contributed by atoms with van der Waals surface area (Å²) < 4.78 is 26.1. The quantitative estimate of drug-likeness (QED) is 0.849. The van der Waals surface area contributed by atoms with Gasteiger partial charge in [0.15, 0.2) is 0 Å². The van der Waals surface area contributed by atoms with Crippen molar-refractivity contribution in [1.29, 1.82) is 0 Å². The van der Waals surface area contributed by atoms with Crippen LogP contribution in [0.1, 0.15) is 17.7 Å². The van der Waals surface area contributed by atoms with Crippen molar-refractivity contribution < 1.29 is 8.42 Å². The van der Waals surface area contributed by atoms with Gasteiger partial charge in [0.05, 0.1) is 4.90 Å². The van der Waals surface area contributed by atoms with Gasteiger partial charge < -0.3 is 10.6 Å². The molecule has 1 aliphatic rings. The molecule has 1 saturated heterocycles. The minimum atomic E-state index is -3.36. The molecular formula is C12H21N3O2S2. The molecule has 108 valence electrons. The topological polar surface area (TPSA) is 66.6 Å². The lowest BCUT2D eigenvalue weighted by Crippen LogP contribution is -2.35. The van der Waals surface area contributed by atoms with E-state index in [0.29, 0.717) is 18.0 Å². The number of likely N-dealkylation sites (tertiary alicyclic amines) is 1. The number of hydrogen-bond donors (Lipinski definition) is 1. The monoisotopic (exact) mass is 303 g/mol. The zero-order valence-electron chi connectivity index (χ0n) is 11.2. The maximum atomic E-state index is 12.3. The predicted molar refractivity (Wildman–Crippen MR) is 77.7 cm³/mol. The highest BCUT2D eigenvalue weighted by molar-refractivity contribution is 7.89. The van der Waals surface area contributed by atoms with Gasteiger partial charge in [-0.3, -0.25) is 0 Å². The van der Waals surface area contributed by atoms with E-state index in [9.17, 15) is 8.42 Å². The third kappa shape index (κ3) is 3.55. The maximum Gasteiger partial charge on any atom is 0.243 e. The van der Waals surface area contributed by atoms with Gasteiger partial charge in [0.25, 0.3) is 0 Å². The molecule has 7 heteroatoms. The number of hydrogen-bond acceptors (Lipinski definition) is 5. The SMILES string of the molecule is CN(CCN1CCCC1)S(=O)(=O)c1csc(CN)c1. The highest BCUT2D eigenvalue weighted by Gasteiger charge is 2.23. The van der Waals surface area contributed by atoms with Gasteiger partial charge in [-0.25, -0.2) is 8.42 Å². The van der Waals surface area contributed by atoms with Gasteiger partial charge >= 0.3 is 0 Å². The summed E-state index contributed by atoms with van der Waals surface area (Å²) in [4.78, 5) is 3.57. The Labute approximate surface area is 119 Å². The van der Waals surface area contributed by atoms with E-state index < -0.39 is 10.0 Å². The second-order valence-electron chi connectivity index (χ2n) is 4.83. The van der Waals surface area contributed by atoms with Gasteiger partial charge in [0.1, 0.15) is 0 Å². The van der Waals surface area contributed by atoms with Crippen molar-refractivity contribution in [2.24, 2.45) is 5.73 Å². The molecule has 2 N–H and O–H groups in total. The molecule has 2 rings (SSSR count). The lowest BCUT2D eigenvalue weighted by Gasteiger charge is -2.20. The summed E-state index contributed by atoms with van der Waals surface area (Å²) in [5.41, 5.74) is 5.52. The van der Waals surface area contributed by atoms with E-state index in [2.05, 4.69) is 4.90 Å². The molecule has 1 fully saturated rings. The molecule has 0 unspecified atom stereocenters. The molecule has 19 heavy (non-hydrogen) atoms. The molecular weight excluding hydrogens is 282 g/mol. The fourth-order valence-corrected chi connectivity index (χ4v) is 4.50. The summed E-state index contributed by atoms with van der Waals surface area (Å²) in [6.45, 7) is 3.91. The number of nitrogens with two attached hydrogens (primary N) is 1. The Hall–Kier alpha value is -0.470. The molecule has 5 nitrogen and oxygen atoms in total. The van der Waals surface area contributed by atoms with Crippen molar-refractivity contribution in [3.63, 3.8) is 0 Å². The van der Waals surface area contributed by atoms with Gasteiger partial charge in [-0.1, -0.05) is 0 Å². The van der Waals surface area contributed by atoms with Crippen LogP contribution in [0.3, 0.4) is 0 Å². The first-order valence-electron chi connectivity index (χ1n) is 6.50. The van der Waals surface area contributed by atoms with Crippen molar-refractivity contribution in [1.82, 2.24) is 9.21 Å². The van der Waals surface area contributed by atoms with E-state index >= 15 is 0 Å². The first-order valence-corrected chi connectivity index (χ1v) is 8.82. The number of rotatable bonds is 6. The van der Waals surface area contributed by atoms with Crippen LogP contribution in [0.4, 0.5) is 0 Å². The fraction of sp³-hybridized carbons (Fsp3) is 0.667. The Morgan fingerprint density at radius 1 is 1.42 bits per heavy atom. The van der Waals surface area contributed by atoms with Crippen LogP contribution in [0.2, 0.25) is 0 Å². The molecule has 0 saturated carbocycles. The van der Waals surface area contributed by atoms with Crippen molar-refractivity contribution in [2.45, 2.75) is 24.3 Å². The van der Waals surface area contributed by atoms with E-state index in [1.165, 1.54) is 28.5 Å². The number of thiophene rings is 1. The van der Waals surface area contributed by atoms with E-state index in [-0.39, 0.29) is 0 Å². The predicted octanol–water partition coefficient (Wildman–Crippen LogP) is 0.923. The van der Waals surface area contributed by atoms with Crippen molar-refractivity contribution in [2.75, 3.05) is 33.2 Å². The number of nitrogens with zero attached hydrogens (tertiary/aromatic N) is 2. The van der Waals surface area contributed by atoms with Crippen LogP contribution >= 0.6 is 11.3 Å². The third-order valence-corrected chi connectivity index (χ3v) is 6.41. The molecule has 0 radical (unpaired) electrons. The molecule has 2 heterocycles. The summed E-state index contributed by atoms with van der Waals surface area (Å²) in [6.07, 6.45) is 2.45. The second kappa shape index (κ2) is 6.32. The fourth-order valence-electron chi connectivity index (χ4n) is 2.19. The summed E-state index contributed by atoms with van der Waals surface area (Å²) in [7, 11) is -1.71. The van der Waals surface area contributed by atoms with E-state index in [4.69, 9.17) is 5.73 Å². The van der Waals surface area contributed by atoms with Gasteiger partial charge in [-0.2, -0.15) is 4.31 Å². The summed E-state index contributed by atoms with van der Waals surface area (Å²) in [5, 5.41) is 1.67. The van der Waals surface area contributed by atoms with Crippen LogP contribution in [-0.4, -0.2) is 50.8 Å². The average molecular weight is 303 g/mol. The Kier molecular flexibility index (Phi) is 4.97. The van der Waals surface area contributed by atoms with Crippen LogP contribution in [-0.2, 0) is 16.6 Å². The van der Waals surface area contributed by atoms with Crippen LogP contribution in [0.15, 0.2) is 16.3 Å². The minimum absolute atomic E-state index is 0.363. The Morgan fingerprint density at radius 3 is 2.68 bits per heavy atom. The van der Waals surface area contributed by atoms with Gasteiger partial charge in [-0.05, 0) is 32.0 Å². The molecule has 0 aliphatic carbocycles. The standard InChI is InChI=1S/C12H21N3O2S2/c1-14(6-7-15-4-2-3-5-15)19(16,17)12-8-11(9-13)18-10-12/h8,10H,2-7,9,13H2,1H3. The molecule has 0 amide bonds. The van der Waals surface area contributed by atoms with Gasteiger partial charge in [-0.15, -0.1) is 11.3 Å². The summed E-state index contributed by atoms with van der Waals surface area (Å²) >= 11 is 1.40. The average Bonchev–Trinajstić information content (AvgIpc) is 3.06. The molecule has 1 aliphatic heterocycles. The van der Waals surface area contributed by atoms with E-state index in [0.717, 1.165) is 24.5 Å². The van der Waals surface area contributed by atoms with Crippen molar-refractivity contribution >= 4 is 21.4 Å². The zero-order valence-corrected chi connectivity index (χ0v) is 12.8. The number of sulfonamides is 1. The normalized spacial score (nSPS) is 17.4. The van der Waals surface area contributed by atoms with Crippen LogP contribution in [0.25, 0.3) is 0 Å². The Morgan fingerprint density at radius 2 is 2.11 bits per heavy atom. The minimum Gasteiger partial charge on any atom is -0.326 e. The lowest BCUT2D eigenvalue weighted by molar-refractivity contribution is 0.310. The maximum absolute atomic E-state index is 12.3. The first-order chi connectivity index (χ1) is 9.04. The second-order valence-corrected chi connectivity index (χ2v) is 7.87. The Balaban J connectivity index is 1.97. The highest BCUT2D eigenvalue weighted by atomic mass is 32.2. The van der Waals surface area contributed by atoms with E-state index in [1.54, 1.807) is 18.5 Å². The molecule has 0 atom stereocenters. The molecule has 0 spiro atoms. The van der Waals surface area contributed by atoms with Crippen molar-refractivity contribution in [3.8, 4) is 0 Å². The molecule has 1 aromatic heterocycles. The first kappa shape index (κ1) is 14.9. The molecule has 0 bridgehead atoms. The number of likely N-dealkylation sites (N-methyl/N-ethyl adjacent to an activating group) is 1.